The van der Waals surface area contributed by atoms with Crippen LogP contribution in [0.4, 0.5) is 11.4 Å². The number of rotatable bonds is 6. The lowest BCUT2D eigenvalue weighted by atomic mass is 10.0. The second-order valence-electron chi connectivity index (χ2n) is 7.09. The van der Waals surface area contributed by atoms with E-state index in [4.69, 9.17) is 9.47 Å². The monoisotopic (exact) mass is 415 g/mol. The normalized spacial score (nSPS) is 12.2. The topological polar surface area (TPSA) is 72.9 Å². The summed E-state index contributed by atoms with van der Waals surface area (Å²) >= 11 is 0. The number of ether oxygens (including phenoxy) is 2. The molecule has 0 bridgehead atoms. The smallest absolute Gasteiger partial charge is 0.344 e. The summed E-state index contributed by atoms with van der Waals surface area (Å²) in [6.45, 7) is -0.814. The highest BCUT2D eigenvalue weighted by atomic mass is 16.6. The number of hydrogen-bond acceptors (Lipinski definition) is 5. The van der Waals surface area contributed by atoms with E-state index in [1.165, 1.54) is 0 Å². The number of esters is 1. The molecule has 1 aliphatic rings. The molecule has 1 heterocycles. The Morgan fingerprint density at radius 3 is 2.03 bits per heavy atom. The van der Waals surface area contributed by atoms with Gasteiger partial charge in [-0.05, 0) is 48.2 Å². The van der Waals surface area contributed by atoms with Gasteiger partial charge in [0.25, 0.3) is 5.91 Å². The molecule has 0 spiro atoms. The van der Waals surface area contributed by atoms with Gasteiger partial charge in [0.2, 0.25) is 0 Å². The Balaban J connectivity index is 1.46. The van der Waals surface area contributed by atoms with Gasteiger partial charge in [-0.15, -0.1) is 0 Å². The molecule has 0 N–H and O–H groups in total. The van der Waals surface area contributed by atoms with Gasteiger partial charge in [0.05, 0.1) is 16.9 Å². The number of hydrogen-bond donors (Lipinski definition) is 0. The molecule has 6 heteroatoms. The Bertz CT molecular complexity index is 1080. The fourth-order valence-corrected chi connectivity index (χ4v) is 3.64. The Morgan fingerprint density at radius 1 is 0.806 bits per heavy atom. The van der Waals surface area contributed by atoms with Crippen LogP contribution >= 0.6 is 0 Å². The van der Waals surface area contributed by atoms with E-state index in [0.29, 0.717) is 11.8 Å². The summed E-state index contributed by atoms with van der Waals surface area (Å²) in [4.78, 5) is 37.9. The molecular formula is C25H21NO5. The molecule has 4 rings (SSSR count). The number of amides is 1. The zero-order chi connectivity index (χ0) is 21.6. The molecule has 0 aromatic heterocycles. The van der Waals surface area contributed by atoms with E-state index in [2.05, 4.69) is 0 Å². The summed E-state index contributed by atoms with van der Waals surface area (Å²) < 4.78 is 10.5. The average Bonchev–Trinajstić information content (AvgIpc) is 2.98. The number of carbonyl (C=O) groups is 3. The highest BCUT2D eigenvalue weighted by molar-refractivity contribution is 6.03. The van der Waals surface area contributed by atoms with Crippen LogP contribution in [-0.2, 0) is 27.2 Å². The summed E-state index contributed by atoms with van der Waals surface area (Å²) in [7, 11) is 0. The van der Waals surface area contributed by atoms with Crippen molar-refractivity contribution in [2.75, 3.05) is 18.1 Å². The molecule has 0 unspecified atom stereocenters. The average molecular weight is 415 g/mol. The molecule has 0 aliphatic carbocycles. The molecule has 156 valence electrons. The third kappa shape index (κ3) is 4.48. The molecule has 1 amide bonds. The highest BCUT2D eigenvalue weighted by Crippen LogP contribution is 2.35. The van der Waals surface area contributed by atoms with Crippen molar-refractivity contribution in [3.63, 3.8) is 0 Å². The van der Waals surface area contributed by atoms with Gasteiger partial charge in [0.1, 0.15) is 5.75 Å². The summed E-state index contributed by atoms with van der Waals surface area (Å²) in [5, 5.41) is 0. The largest absolute Gasteiger partial charge is 0.481 e. The Kier molecular flexibility index (Phi) is 6.08. The van der Waals surface area contributed by atoms with E-state index in [1.807, 2.05) is 48.5 Å². The zero-order valence-electron chi connectivity index (χ0n) is 16.8. The van der Waals surface area contributed by atoms with Crippen molar-refractivity contribution in [2.45, 2.75) is 12.8 Å². The van der Waals surface area contributed by atoms with E-state index in [1.54, 1.807) is 29.2 Å². The van der Waals surface area contributed by atoms with Gasteiger partial charge in [-0.1, -0.05) is 48.5 Å². The molecule has 0 fully saturated rings. The number of anilines is 2. The van der Waals surface area contributed by atoms with Crippen LogP contribution in [0.15, 0.2) is 72.8 Å². The standard InChI is InChI=1S/C25H21NO5/c27-15-20-9-3-6-12-23(20)30-17-25(29)31-16-24(28)26-21-10-4-1-7-18(21)13-14-19-8-2-5-11-22(19)26/h1-12,15H,13-14,16-17H2. The van der Waals surface area contributed by atoms with Gasteiger partial charge < -0.3 is 9.47 Å². The Morgan fingerprint density at radius 2 is 1.39 bits per heavy atom. The Labute approximate surface area is 180 Å². The SMILES string of the molecule is O=Cc1ccccc1OCC(=O)OCC(=O)N1c2ccccc2CCc2ccccc21. The fraction of sp³-hybridized carbons (Fsp3) is 0.160. The first kappa shape index (κ1) is 20.3. The minimum Gasteiger partial charge on any atom is -0.481 e. The van der Waals surface area contributed by atoms with Crippen LogP contribution in [0, 0.1) is 0 Å². The number of benzene rings is 3. The van der Waals surface area contributed by atoms with Crippen LogP contribution in [-0.4, -0.2) is 31.4 Å². The van der Waals surface area contributed by atoms with E-state index in [-0.39, 0.29) is 11.7 Å². The number of nitrogens with zero attached hydrogens (tertiary/aromatic N) is 1. The van der Waals surface area contributed by atoms with Crippen molar-refractivity contribution in [1.82, 2.24) is 0 Å². The molecule has 6 nitrogen and oxygen atoms in total. The van der Waals surface area contributed by atoms with E-state index in [0.717, 1.165) is 35.3 Å². The quantitative estimate of drug-likeness (QED) is 0.451. The van der Waals surface area contributed by atoms with Crippen molar-refractivity contribution in [3.8, 4) is 5.75 Å². The van der Waals surface area contributed by atoms with Gasteiger partial charge in [0, 0.05) is 0 Å². The highest BCUT2D eigenvalue weighted by Gasteiger charge is 2.26. The van der Waals surface area contributed by atoms with Gasteiger partial charge in [-0.25, -0.2) is 4.79 Å². The molecular weight excluding hydrogens is 394 g/mol. The molecule has 3 aromatic rings. The van der Waals surface area contributed by atoms with Crippen LogP contribution < -0.4 is 9.64 Å². The number of para-hydroxylation sites is 3. The predicted molar refractivity (Wildman–Crippen MR) is 116 cm³/mol. The van der Waals surface area contributed by atoms with Crippen molar-refractivity contribution in [3.05, 3.63) is 89.5 Å². The molecule has 0 atom stereocenters. The van der Waals surface area contributed by atoms with Crippen LogP contribution in [0.25, 0.3) is 0 Å². The van der Waals surface area contributed by atoms with Crippen molar-refractivity contribution >= 4 is 29.5 Å². The van der Waals surface area contributed by atoms with Crippen LogP contribution in [0.2, 0.25) is 0 Å². The van der Waals surface area contributed by atoms with E-state index >= 15 is 0 Å². The molecule has 0 radical (unpaired) electrons. The van der Waals surface area contributed by atoms with Crippen molar-refractivity contribution in [1.29, 1.82) is 0 Å². The van der Waals surface area contributed by atoms with Gasteiger partial charge in [-0.2, -0.15) is 0 Å². The second kappa shape index (κ2) is 9.26. The second-order valence-corrected chi connectivity index (χ2v) is 7.09. The lowest BCUT2D eigenvalue weighted by Gasteiger charge is -2.24. The fourth-order valence-electron chi connectivity index (χ4n) is 3.64. The summed E-state index contributed by atoms with van der Waals surface area (Å²) in [5.74, 6) is -0.745. The Hall–Kier alpha value is -3.93. The maximum Gasteiger partial charge on any atom is 0.344 e. The van der Waals surface area contributed by atoms with Crippen LogP contribution in [0.3, 0.4) is 0 Å². The number of aryl methyl sites for hydroxylation is 2. The summed E-state index contributed by atoms with van der Waals surface area (Å²) in [5.41, 5.74) is 4.05. The minimum atomic E-state index is -0.689. The third-order valence-corrected chi connectivity index (χ3v) is 5.13. The lowest BCUT2D eigenvalue weighted by Crippen LogP contribution is -2.32. The first-order valence-electron chi connectivity index (χ1n) is 9.99. The first-order valence-corrected chi connectivity index (χ1v) is 9.99. The molecule has 1 aliphatic heterocycles. The number of fused-ring (bicyclic) bond motifs is 2. The number of aldehydes is 1. The summed E-state index contributed by atoms with van der Waals surface area (Å²) in [6, 6.07) is 22.1. The summed E-state index contributed by atoms with van der Waals surface area (Å²) in [6.07, 6.45) is 2.29. The predicted octanol–water partition coefficient (Wildman–Crippen LogP) is 3.88. The van der Waals surface area contributed by atoms with Gasteiger partial charge in [0.15, 0.2) is 19.5 Å². The zero-order valence-corrected chi connectivity index (χ0v) is 16.8. The first-order chi connectivity index (χ1) is 15.2. The van der Waals surface area contributed by atoms with Gasteiger partial charge >= 0.3 is 5.97 Å². The minimum absolute atomic E-state index is 0.288. The van der Waals surface area contributed by atoms with Crippen LogP contribution in [0.1, 0.15) is 21.5 Å². The van der Waals surface area contributed by atoms with Crippen LogP contribution in [0.5, 0.6) is 5.75 Å². The number of carbonyl (C=O) groups excluding carboxylic acids is 3. The molecule has 31 heavy (non-hydrogen) atoms. The molecule has 0 saturated heterocycles. The van der Waals surface area contributed by atoms with Crippen molar-refractivity contribution < 1.29 is 23.9 Å². The van der Waals surface area contributed by atoms with Crippen molar-refractivity contribution in [2.24, 2.45) is 0 Å². The van der Waals surface area contributed by atoms with Gasteiger partial charge in [-0.3, -0.25) is 14.5 Å². The maximum atomic E-state index is 13.1. The van der Waals surface area contributed by atoms with E-state index < -0.39 is 19.2 Å². The molecule has 0 saturated carbocycles. The van der Waals surface area contributed by atoms with E-state index in [9.17, 15) is 14.4 Å². The maximum absolute atomic E-state index is 13.1. The lowest BCUT2D eigenvalue weighted by molar-refractivity contribution is -0.149. The molecule has 3 aromatic carbocycles. The third-order valence-electron chi connectivity index (χ3n) is 5.13.